The van der Waals surface area contributed by atoms with Gasteiger partial charge in [-0.15, -0.1) is 0 Å². The van der Waals surface area contributed by atoms with E-state index in [1.807, 2.05) is 12.1 Å². The normalized spacial score (nSPS) is 11.8. The third kappa shape index (κ3) is 5.00. The van der Waals surface area contributed by atoms with Crippen molar-refractivity contribution in [1.82, 2.24) is 23.9 Å². The van der Waals surface area contributed by atoms with Gasteiger partial charge in [0.15, 0.2) is 11.6 Å². The summed E-state index contributed by atoms with van der Waals surface area (Å²) >= 11 is 0. The minimum Gasteiger partial charge on any atom is -0.309 e. The van der Waals surface area contributed by atoms with E-state index in [1.54, 1.807) is 0 Å². The molecule has 4 aromatic heterocycles. The van der Waals surface area contributed by atoms with Crippen LogP contribution in [0.3, 0.4) is 0 Å². The number of fused-ring (bicyclic) bond motifs is 12. The number of nitrogens with zero attached hydrogens (tertiary/aromatic N) is 5. The van der Waals surface area contributed by atoms with Crippen molar-refractivity contribution < 1.29 is 0 Å². The molecule has 0 amide bonds. The van der Waals surface area contributed by atoms with Gasteiger partial charge in [-0.25, -0.2) is 4.98 Å². The third-order valence-corrected chi connectivity index (χ3v) is 11.5. The molecule has 8 aromatic carbocycles. The first-order valence-corrected chi connectivity index (χ1v) is 19.6. The van der Waals surface area contributed by atoms with Gasteiger partial charge in [-0.1, -0.05) is 164 Å². The van der Waals surface area contributed by atoms with E-state index in [0.29, 0.717) is 17.6 Å². The summed E-state index contributed by atoms with van der Waals surface area (Å²) in [5.41, 5.74) is 11.9. The fourth-order valence-corrected chi connectivity index (χ4v) is 8.90. The van der Waals surface area contributed by atoms with Crippen LogP contribution in [0.25, 0.3) is 111 Å². The van der Waals surface area contributed by atoms with Crippen LogP contribution in [0.15, 0.2) is 200 Å². The number of benzene rings is 8. The SMILES string of the molecule is c1ccc(-c2cccc(-c3nc(-c4cccc(-c5ccccc5)c4)nc(-n4c5ccccc5c5ccc6c(cc7c8ccccc8c8ccccc8n76)c54)n3)c2)cc1. The van der Waals surface area contributed by atoms with Gasteiger partial charge in [0, 0.05) is 38.1 Å². The van der Waals surface area contributed by atoms with Gasteiger partial charge >= 0.3 is 0 Å². The van der Waals surface area contributed by atoms with E-state index < -0.39 is 0 Å². The third-order valence-electron chi connectivity index (χ3n) is 11.5. The lowest BCUT2D eigenvalue weighted by Gasteiger charge is -2.13. The zero-order valence-electron chi connectivity index (χ0n) is 31.3. The smallest absolute Gasteiger partial charge is 0.238 e. The quantitative estimate of drug-likeness (QED) is 0.165. The largest absolute Gasteiger partial charge is 0.309 e. The number of pyridine rings is 1. The van der Waals surface area contributed by atoms with Gasteiger partial charge in [-0.2, -0.15) is 9.97 Å². The van der Waals surface area contributed by atoms with Crippen molar-refractivity contribution in [2.45, 2.75) is 0 Å². The van der Waals surface area contributed by atoms with Gasteiger partial charge in [0.1, 0.15) is 0 Å². The summed E-state index contributed by atoms with van der Waals surface area (Å²) in [6.07, 6.45) is 0. The van der Waals surface area contributed by atoms with E-state index in [1.165, 1.54) is 27.2 Å². The van der Waals surface area contributed by atoms with Gasteiger partial charge < -0.3 is 4.40 Å². The molecule has 0 N–H and O–H groups in total. The summed E-state index contributed by atoms with van der Waals surface area (Å²) in [7, 11) is 0. The van der Waals surface area contributed by atoms with E-state index in [0.717, 1.165) is 66.1 Å². The summed E-state index contributed by atoms with van der Waals surface area (Å²) in [5, 5.41) is 7.11. The van der Waals surface area contributed by atoms with Crippen LogP contribution in [0.1, 0.15) is 0 Å². The molecule has 0 fully saturated rings. The molecule has 0 atom stereocenters. The molecule has 0 aliphatic heterocycles. The maximum absolute atomic E-state index is 5.38. The second-order valence-corrected chi connectivity index (χ2v) is 14.9. The summed E-state index contributed by atoms with van der Waals surface area (Å²) in [5.74, 6) is 1.79. The maximum atomic E-state index is 5.38. The first kappa shape index (κ1) is 32.4. The number of hydrogen-bond acceptors (Lipinski definition) is 3. The highest BCUT2D eigenvalue weighted by atomic mass is 15.2. The highest BCUT2D eigenvalue weighted by molar-refractivity contribution is 6.22. The lowest BCUT2D eigenvalue weighted by molar-refractivity contribution is 0.955. The molecule has 5 heteroatoms. The molecule has 5 nitrogen and oxygen atoms in total. The van der Waals surface area contributed by atoms with Crippen molar-refractivity contribution in [3.8, 4) is 51.0 Å². The summed E-state index contributed by atoms with van der Waals surface area (Å²) in [6.45, 7) is 0. The average molecular weight is 740 g/mol. The zero-order valence-corrected chi connectivity index (χ0v) is 31.3. The molecule has 4 heterocycles. The molecule has 0 radical (unpaired) electrons. The predicted molar refractivity (Wildman–Crippen MR) is 239 cm³/mol. The molecule has 0 saturated heterocycles. The Bertz CT molecular complexity index is 3460. The molecular weight excluding hydrogens is 707 g/mol. The van der Waals surface area contributed by atoms with Crippen molar-refractivity contribution in [1.29, 1.82) is 0 Å². The monoisotopic (exact) mass is 739 g/mol. The molecule has 0 spiro atoms. The first-order valence-electron chi connectivity index (χ1n) is 19.6. The van der Waals surface area contributed by atoms with Crippen LogP contribution >= 0.6 is 0 Å². The zero-order chi connectivity index (χ0) is 38.2. The van der Waals surface area contributed by atoms with Crippen molar-refractivity contribution in [3.05, 3.63) is 200 Å². The Balaban J connectivity index is 1.18. The Kier molecular flexibility index (Phi) is 7.16. The van der Waals surface area contributed by atoms with Gasteiger partial charge in [0.05, 0.1) is 27.6 Å². The first-order chi connectivity index (χ1) is 28.8. The predicted octanol–water partition coefficient (Wildman–Crippen LogP) is 13.3. The van der Waals surface area contributed by atoms with Crippen molar-refractivity contribution in [3.63, 3.8) is 0 Å². The van der Waals surface area contributed by atoms with Crippen molar-refractivity contribution in [2.75, 3.05) is 0 Å². The molecule has 270 valence electrons. The van der Waals surface area contributed by atoms with E-state index in [4.69, 9.17) is 15.0 Å². The van der Waals surface area contributed by atoms with E-state index >= 15 is 0 Å². The molecule has 0 bridgehead atoms. The number of para-hydroxylation sites is 2. The molecule has 12 rings (SSSR count). The molecule has 12 aromatic rings. The fraction of sp³-hybridized carbons (Fsp3) is 0. The molecule has 0 aliphatic carbocycles. The van der Waals surface area contributed by atoms with Gasteiger partial charge in [-0.05, 0) is 64.0 Å². The number of hydrogen-bond donors (Lipinski definition) is 0. The standard InChI is InChI=1S/C53H33N5/c1-3-15-34(16-4-1)36-19-13-21-38(31-36)51-54-52(39-22-14-20-37(32-39)35-17-5-2-6-18-35)56-53(55-51)58-47-28-12-10-26-43(47)44-29-30-48-45(50(44)58)33-49-42-25-8-7-23-40(42)41-24-9-11-27-46(41)57(48)49/h1-33H. The van der Waals surface area contributed by atoms with Crippen LogP contribution in [-0.2, 0) is 0 Å². The fourth-order valence-electron chi connectivity index (χ4n) is 8.90. The second-order valence-electron chi connectivity index (χ2n) is 14.9. The Morgan fingerprint density at radius 3 is 1.36 bits per heavy atom. The molecule has 58 heavy (non-hydrogen) atoms. The molecular formula is C53H33N5. The average Bonchev–Trinajstić information content (AvgIpc) is 3.87. The topological polar surface area (TPSA) is 48.0 Å². The van der Waals surface area contributed by atoms with Crippen LogP contribution in [0.5, 0.6) is 0 Å². The molecule has 0 unspecified atom stereocenters. The highest BCUT2D eigenvalue weighted by Gasteiger charge is 2.22. The Labute approximate surface area is 333 Å². The minimum absolute atomic E-state index is 0.568. The van der Waals surface area contributed by atoms with Crippen molar-refractivity contribution in [2.24, 2.45) is 0 Å². The lowest BCUT2D eigenvalue weighted by atomic mass is 10.0. The van der Waals surface area contributed by atoms with Gasteiger partial charge in [0.25, 0.3) is 0 Å². The van der Waals surface area contributed by atoms with Crippen molar-refractivity contribution >= 4 is 59.9 Å². The van der Waals surface area contributed by atoms with Gasteiger partial charge in [-0.3, -0.25) is 4.57 Å². The lowest BCUT2D eigenvalue weighted by Crippen LogP contribution is -2.06. The summed E-state index contributed by atoms with van der Waals surface area (Å²) < 4.78 is 4.68. The van der Waals surface area contributed by atoms with Crippen LogP contribution in [0.4, 0.5) is 0 Å². The Morgan fingerprint density at radius 1 is 0.276 bits per heavy atom. The molecule has 0 saturated carbocycles. The van der Waals surface area contributed by atoms with Crippen LogP contribution < -0.4 is 0 Å². The van der Waals surface area contributed by atoms with E-state index in [-0.39, 0.29) is 0 Å². The maximum Gasteiger partial charge on any atom is 0.238 e. The van der Waals surface area contributed by atoms with Crippen LogP contribution in [0, 0.1) is 0 Å². The molecule has 0 aliphatic rings. The van der Waals surface area contributed by atoms with Crippen LogP contribution in [-0.4, -0.2) is 23.9 Å². The van der Waals surface area contributed by atoms with E-state index in [2.05, 4.69) is 197 Å². The Morgan fingerprint density at radius 2 is 0.741 bits per heavy atom. The minimum atomic E-state index is 0.568. The van der Waals surface area contributed by atoms with Crippen LogP contribution in [0.2, 0.25) is 0 Å². The summed E-state index contributed by atoms with van der Waals surface area (Å²) in [4.78, 5) is 16.0. The number of rotatable bonds is 5. The summed E-state index contributed by atoms with van der Waals surface area (Å²) in [6, 6.07) is 70.8. The highest BCUT2D eigenvalue weighted by Crippen LogP contribution is 2.41. The second kappa shape index (κ2) is 12.8. The van der Waals surface area contributed by atoms with Gasteiger partial charge in [0.2, 0.25) is 5.95 Å². The number of aromatic nitrogens is 5. The van der Waals surface area contributed by atoms with E-state index in [9.17, 15) is 0 Å². The Hall–Kier alpha value is -7.89.